The number of unbranched alkanes of at least 4 members (excludes halogenated alkanes) is 9. The Morgan fingerprint density at radius 1 is 0.458 bits per heavy atom. The Labute approximate surface area is 144 Å². The van der Waals surface area contributed by atoms with E-state index in [0.717, 1.165) is 24.3 Å². The number of isocyanates is 4. The third kappa shape index (κ3) is 157. The van der Waals surface area contributed by atoms with Crippen LogP contribution in [0.25, 0.3) is 0 Å². The summed E-state index contributed by atoms with van der Waals surface area (Å²) in [4.78, 5) is 33.4. The Morgan fingerprint density at radius 2 is 0.583 bits per heavy atom. The van der Waals surface area contributed by atoms with Crippen LogP contribution in [0.4, 0.5) is 0 Å². The van der Waals surface area contributed by atoms with E-state index in [1.165, 1.54) is 64.2 Å². The van der Waals surface area contributed by atoms with Gasteiger partial charge in [0.25, 0.3) is 0 Å². The van der Waals surface area contributed by atoms with Gasteiger partial charge in [0, 0.05) is 0 Å². The number of rotatable bonds is 9. The molecule has 0 radical (unpaired) electrons. The van der Waals surface area contributed by atoms with Crippen molar-refractivity contribution in [1.29, 1.82) is 21.6 Å². The van der Waals surface area contributed by atoms with Crippen molar-refractivity contribution >= 4 is 24.3 Å². The van der Waals surface area contributed by atoms with E-state index >= 15 is 0 Å². The first kappa shape index (κ1) is 33.2. The third-order valence-corrected chi connectivity index (χ3v) is 2.46. The van der Waals surface area contributed by atoms with E-state index in [9.17, 15) is 0 Å². The van der Waals surface area contributed by atoms with Gasteiger partial charge in [-0.25, -0.2) is 40.8 Å². The highest BCUT2D eigenvalue weighted by Crippen LogP contribution is 2.09. The van der Waals surface area contributed by atoms with E-state index in [4.69, 9.17) is 40.8 Å². The smallest absolute Gasteiger partial charge is 0.222 e. The molecule has 0 aromatic rings. The fourth-order valence-electron chi connectivity index (χ4n) is 1.56. The zero-order valence-electron chi connectivity index (χ0n) is 14.7. The number of nitrogens with one attached hydrogen (secondary N) is 4. The minimum Gasteiger partial charge on any atom is -0.222 e. The van der Waals surface area contributed by atoms with Gasteiger partial charge in [-0.05, 0) is 0 Å². The molecule has 0 rings (SSSR count). The van der Waals surface area contributed by atoms with Crippen LogP contribution in [0.5, 0.6) is 0 Å². The summed E-state index contributed by atoms with van der Waals surface area (Å²) in [5.74, 6) is 0. The molecular weight excluding hydrogens is 312 g/mol. The van der Waals surface area contributed by atoms with Crippen LogP contribution in [-0.4, -0.2) is 24.3 Å². The summed E-state index contributed by atoms with van der Waals surface area (Å²) in [5, 5.41) is 21.6. The van der Waals surface area contributed by atoms with Gasteiger partial charge in [-0.3, -0.25) is 0 Å². The van der Waals surface area contributed by atoms with Crippen molar-refractivity contribution in [3.8, 4) is 0 Å². The molecule has 138 valence electrons. The van der Waals surface area contributed by atoms with Crippen LogP contribution < -0.4 is 0 Å². The molecule has 0 heterocycles. The van der Waals surface area contributed by atoms with Gasteiger partial charge in [0.1, 0.15) is 0 Å². The first-order valence-electron chi connectivity index (χ1n) is 7.73. The van der Waals surface area contributed by atoms with Crippen molar-refractivity contribution in [2.45, 2.75) is 78.1 Å². The number of carbonyl (C=O) groups excluding carboxylic acids is 4. The molecule has 0 atom stereocenters. The molecule has 8 nitrogen and oxygen atoms in total. The van der Waals surface area contributed by atoms with Gasteiger partial charge in [0.2, 0.25) is 24.3 Å². The number of hydrogen-bond acceptors (Lipinski definition) is 8. The van der Waals surface area contributed by atoms with E-state index in [1.54, 1.807) is 0 Å². The maximum Gasteiger partial charge on any atom is 0.231 e. The second-order valence-corrected chi connectivity index (χ2v) is 4.24. The van der Waals surface area contributed by atoms with Crippen LogP contribution in [0.15, 0.2) is 0 Å². The first-order chi connectivity index (χ1) is 11.6. The van der Waals surface area contributed by atoms with E-state index in [1.807, 2.05) is 0 Å². The van der Waals surface area contributed by atoms with Crippen molar-refractivity contribution in [3.63, 3.8) is 0 Å². The molecule has 0 aliphatic rings. The highest BCUT2D eigenvalue weighted by molar-refractivity contribution is 5.26. The van der Waals surface area contributed by atoms with Crippen molar-refractivity contribution in [2.24, 2.45) is 0 Å². The van der Waals surface area contributed by atoms with Crippen molar-refractivity contribution in [1.82, 2.24) is 0 Å². The van der Waals surface area contributed by atoms with Gasteiger partial charge in [-0.2, -0.15) is 0 Å². The SMILES string of the molecule is CCCCCCCCCCCC.N=C=O.N=C=O.N=C=O.N=C=O. The predicted octanol–water partition coefficient (Wildman–Crippen LogP) is 4.53. The molecular formula is C16H30N4O4. The average molecular weight is 342 g/mol. The maximum absolute atomic E-state index is 8.35. The van der Waals surface area contributed by atoms with Crippen molar-refractivity contribution in [3.05, 3.63) is 0 Å². The zero-order chi connectivity index (χ0) is 19.9. The fourth-order valence-corrected chi connectivity index (χ4v) is 1.56. The van der Waals surface area contributed by atoms with Crippen LogP contribution in [0.2, 0.25) is 0 Å². The Bertz CT molecular complexity index is 278. The molecule has 0 amide bonds. The molecule has 8 heteroatoms. The summed E-state index contributed by atoms with van der Waals surface area (Å²) in [7, 11) is 0. The van der Waals surface area contributed by atoms with E-state index in [2.05, 4.69) is 13.8 Å². The normalized spacial score (nSPS) is 6.58. The second-order valence-electron chi connectivity index (χ2n) is 4.24. The topological polar surface area (TPSA) is 164 Å². The van der Waals surface area contributed by atoms with Gasteiger partial charge >= 0.3 is 0 Å². The van der Waals surface area contributed by atoms with Crippen LogP contribution >= 0.6 is 0 Å². The van der Waals surface area contributed by atoms with Crippen LogP contribution in [0.3, 0.4) is 0 Å². The summed E-state index contributed by atoms with van der Waals surface area (Å²) in [6.45, 7) is 4.56. The molecule has 0 saturated heterocycles. The summed E-state index contributed by atoms with van der Waals surface area (Å²) >= 11 is 0. The molecule has 0 aliphatic carbocycles. The molecule has 0 aromatic heterocycles. The molecule has 4 N–H and O–H groups in total. The molecule has 24 heavy (non-hydrogen) atoms. The molecule has 0 spiro atoms. The first-order valence-corrected chi connectivity index (χ1v) is 7.73. The zero-order valence-corrected chi connectivity index (χ0v) is 14.7. The highest BCUT2D eigenvalue weighted by Gasteiger charge is 1.90. The van der Waals surface area contributed by atoms with Gasteiger partial charge < -0.3 is 0 Å². The van der Waals surface area contributed by atoms with Crippen molar-refractivity contribution in [2.75, 3.05) is 0 Å². The summed E-state index contributed by atoms with van der Waals surface area (Å²) < 4.78 is 0. The lowest BCUT2D eigenvalue weighted by Crippen LogP contribution is -1.80. The minimum atomic E-state index is 0.750. The predicted molar refractivity (Wildman–Crippen MR) is 91.2 cm³/mol. The van der Waals surface area contributed by atoms with E-state index < -0.39 is 0 Å². The molecule has 0 aromatic carbocycles. The van der Waals surface area contributed by atoms with Crippen LogP contribution in [0, 0.1) is 21.6 Å². The Balaban J connectivity index is -0.0000000822. The molecule has 0 fully saturated rings. The minimum absolute atomic E-state index is 0.750. The molecule has 0 unspecified atom stereocenters. The second kappa shape index (κ2) is 58.9. The standard InChI is InChI=1S/C12H26.4CHNO/c1-3-5-7-9-11-12-10-8-6-4-2;4*2-1-3/h3-12H2,1-2H3;4*2H. The summed E-state index contributed by atoms with van der Waals surface area (Å²) in [6, 6.07) is 0. The lowest BCUT2D eigenvalue weighted by Gasteiger charge is -1.99. The molecule has 0 saturated carbocycles. The molecule has 0 aliphatic heterocycles. The highest BCUT2D eigenvalue weighted by atomic mass is 16.1. The lowest BCUT2D eigenvalue weighted by molar-refractivity contribution is 0.562. The summed E-state index contributed by atoms with van der Waals surface area (Å²) in [5.41, 5.74) is 0. The van der Waals surface area contributed by atoms with Crippen LogP contribution in [0.1, 0.15) is 78.1 Å². The summed E-state index contributed by atoms with van der Waals surface area (Å²) in [6.07, 6.45) is 17.4. The monoisotopic (exact) mass is 342 g/mol. The van der Waals surface area contributed by atoms with E-state index in [0.29, 0.717) is 0 Å². The fraction of sp³-hybridized carbons (Fsp3) is 0.750. The third-order valence-electron chi connectivity index (χ3n) is 2.46. The maximum atomic E-state index is 8.35. The number of hydrogen-bond donors (Lipinski definition) is 4. The molecule has 0 bridgehead atoms. The quantitative estimate of drug-likeness (QED) is 0.275. The van der Waals surface area contributed by atoms with Gasteiger partial charge in [-0.1, -0.05) is 78.1 Å². The average Bonchev–Trinajstić information content (AvgIpc) is 2.53. The van der Waals surface area contributed by atoms with Gasteiger partial charge in [0.15, 0.2) is 0 Å². The van der Waals surface area contributed by atoms with Crippen LogP contribution in [-0.2, 0) is 19.2 Å². The Morgan fingerprint density at radius 3 is 0.708 bits per heavy atom. The van der Waals surface area contributed by atoms with E-state index in [-0.39, 0.29) is 0 Å². The van der Waals surface area contributed by atoms with Crippen molar-refractivity contribution < 1.29 is 19.2 Å². The largest absolute Gasteiger partial charge is 0.231 e. The van der Waals surface area contributed by atoms with Gasteiger partial charge in [-0.15, -0.1) is 0 Å². The van der Waals surface area contributed by atoms with Gasteiger partial charge in [0.05, 0.1) is 0 Å². The lowest BCUT2D eigenvalue weighted by atomic mass is 10.1. The Kier molecular flexibility index (Phi) is 81.5. The Hall–Kier alpha value is -2.48.